The highest BCUT2D eigenvalue weighted by atomic mass is 16.5. The third kappa shape index (κ3) is 6.70. The number of para-hydroxylation sites is 2. The largest absolute Gasteiger partial charge is 0.496 e. The van der Waals surface area contributed by atoms with Crippen molar-refractivity contribution in [3.63, 3.8) is 0 Å². The molecule has 1 unspecified atom stereocenters. The number of unbranched alkanes of at least 4 members (excludes halogenated alkanes) is 1. The first kappa shape index (κ1) is 20.3. The Balaban J connectivity index is 1.85. The average molecular weight is 356 g/mol. The van der Waals surface area contributed by atoms with Gasteiger partial charge < -0.3 is 21.5 Å². The molecule has 0 heterocycles. The monoisotopic (exact) mass is 355 g/mol. The third-order valence-corrected chi connectivity index (χ3v) is 4.73. The Kier molecular flexibility index (Phi) is 9.01. The summed E-state index contributed by atoms with van der Waals surface area (Å²) in [7, 11) is 1.71. The van der Waals surface area contributed by atoms with E-state index >= 15 is 0 Å². The highest BCUT2D eigenvalue weighted by Crippen LogP contribution is 2.22. The number of rotatable bonds is 12. The summed E-state index contributed by atoms with van der Waals surface area (Å²) < 4.78 is 5.43. The van der Waals surface area contributed by atoms with E-state index in [2.05, 4.69) is 35.6 Å². The van der Waals surface area contributed by atoms with Crippen LogP contribution in [-0.4, -0.2) is 19.7 Å². The van der Waals surface area contributed by atoms with Gasteiger partial charge in [0.05, 0.1) is 7.11 Å². The van der Waals surface area contributed by atoms with Crippen LogP contribution in [-0.2, 0) is 13.0 Å². The first-order valence-electron chi connectivity index (χ1n) is 9.64. The highest BCUT2D eigenvalue weighted by molar-refractivity contribution is 5.52. The molecule has 0 aliphatic carbocycles. The van der Waals surface area contributed by atoms with Gasteiger partial charge >= 0.3 is 0 Å². The second-order valence-electron chi connectivity index (χ2n) is 6.76. The van der Waals surface area contributed by atoms with Gasteiger partial charge in [-0.05, 0) is 56.3 Å². The number of aryl methyl sites for hydroxylation is 1. The number of methoxy groups -OCH3 is 1. The second kappa shape index (κ2) is 11.6. The predicted molar refractivity (Wildman–Crippen MR) is 111 cm³/mol. The van der Waals surface area contributed by atoms with Gasteiger partial charge in [0.2, 0.25) is 0 Å². The summed E-state index contributed by atoms with van der Waals surface area (Å²) in [5.74, 6) is 0.918. The van der Waals surface area contributed by atoms with Gasteiger partial charge in [-0.25, -0.2) is 0 Å². The van der Waals surface area contributed by atoms with Crippen molar-refractivity contribution in [2.24, 2.45) is 11.5 Å². The number of hydrogen-bond acceptors (Lipinski definition) is 4. The Hall–Kier alpha value is -2.04. The van der Waals surface area contributed by atoms with Gasteiger partial charge in [0.15, 0.2) is 0 Å². The molecule has 0 aliphatic heterocycles. The molecule has 26 heavy (non-hydrogen) atoms. The molecule has 0 saturated heterocycles. The van der Waals surface area contributed by atoms with Crippen LogP contribution in [0.4, 0.5) is 5.69 Å². The maximum atomic E-state index is 6.21. The fourth-order valence-corrected chi connectivity index (χ4v) is 3.20. The van der Waals surface area contributed by atoms with E-state index in [1.807, 2.05) is 18.2 Å². The molecular formula is C22H33N3O. The molecule has 5 N–H and O–H groups in total. The molecule has 0 spiro atoms. The molecule has 1 atom stereocenters. The molecule has 4 heteroatoms. The first-order chi connectivity index (χ1) is 12.7. The van der Waals surface area contributed by atoms with Gasteiger partial charge in [0, 0.05) is 23.8 Å². The molecule has 0 aromatic heterocycles. The predicted octanol–water partition coefficient (Wildman–Crippen LogP) is 4.09. The van der Waals surface area contributed by atoms with E-state index in [0.717, 1.165) is 62.9 Å². The molecule has 0 saturated carbocycles. The maximum absolute atomic E-state index is 6.21. The number of ether oxygens (including phenoxy) is 1. The zero-order valence-electron chi connectivity index (χ0n) is 15.9. The van der Waals surface area contributed by atoms with Crippen molar-refractivity contribution in [3.8, 4) is 5.75 Å². The van der Waals surface area contributed by atoms with Gasteiger partial charge in [-0.15, -0.1) is 0 Å². The lowest BCUT2D eigenvalue weighted by Crippen LogP contribution is -2.20. The minimum Gasteiger partial charge on any atom is -0.496 e. The molecule has 2 rings (SSSR count). The molecule has 4 nitrogen and oxygen atoms in total. The van der Waals surface area contributed by atoms with E-state index in [9.17, 15) is 0 Å². The molecule has 0 aliphatic rings. The lowest BCUT2D eigenvalue weighted by molar-refractivity contribution is 0.410. The zero-order valence-corrected chi connectivity index (χ0v) is 15.9. The quantitative estimate of drug-likeness (QED) is 0.502. The van der Waals surface area contributed by atoms with E-state index in [4.69, 9.17) is 16.2 Å². The Morgan fingerprint density at radius 1 is 0.923 bits per heavy atom. The third-order valence-electron chi connectivity index (χ3n) is 4.73. The molecule has 0 radical (unpaired) electrons. The lowest BCUT2D eigenvalue weighted by atomic mass is 10.0. The fraction of sp³-hybridized carbons (Fsp3) is 0.455. The Morgan fingerprint density at radius 2 is 1.62 bits per heavy atom. The molecule has 0 bridgehead atoms. The maximum Gasteiger partial charge on any atom is 0.123 e. The van der Waals surface area contributed by atoms with Crippen LogP contribution < -0.4 is 21.5 Å². The average Bonchev–Trinajstić information content (AvgIpc) is 2.67. The summed E-state index contributed by atoms with van der Waals surface area (Å²) in [6.45, 7) is 1.51. The van der Waals surface area contributed by atoms with Crippen LogP contribution in [0.5, 0.6) is 5.75 Å². The summed E-state index contributed by atoms with van der Waals surface area (Å²) in [4.78, 5) is 0. The van der Waals surface area contributed by atoms with E-state index in [-0.39, 0.29) is 6.04 Å². The van der Waals surface area contributed by atoms with Crippen molar-refractivity contribution in [1.29, 1.82) is 0 Å². The normalized spacial score (nSPS) is 12.0. The molecule has 2 aromatic rings. The summed E-state index contributed by atoms with van der Waals surface area (Å²) in [5, 5.41) is 3.56. The van der Waals surface area contributed by atoms with Gasteiger partial charge in [0.1, 0.15) is 5.75 Å². The molecule has 0 amide bonds. The van der Waals surface area contributed by atoms with Gasteiger partial charge in [-0.3, -0.25) is 0 Å². The summed E-state index contributed by atoms with van der Waals surface area (Å²) >= 11 is 0. The minimum absolute atomic E-state index is 0.287. The van der Waals surface area contributed by atoms with Crippen molar-refractivity contribution in [2.45, 2.75) is 51.1 Å². The SMILES string of the molecule is COc1ccccc1CNc1ccccc1CCCC(N)CCCCN. The van der Waals surface area contributed by atoms with Gasteiger partial charge in [-0.2, -0.15) is 0 Å². The highest BCUT2D eigenvalue weighted by Gasteiger charge is 2.07. The fourth-order valence-electron chi connectivity index (χ4n) is 3.20. The Labute approximate surface area is 157 Å². The van der Waals surface area contributed by atoms with E-state index in [0.29, 0.717) is 0 Å². The standard InChI is InChI=1S/C22H33N3O/c1-26-22-15-5-3-10-19(22)17-25-21-14-4-2-9-18(21)11-8-13-20(24)12-6-7-16-23/h2-5,9-10,14-15,20,25H,6-8,11-13,16-17,23-24H2,1H3. The van der Waals surface area contributed by atoms with Crippen LogP contribution in [0, 0.1) is 0 Å². The zero-order chi connectivity index (χ0) is 18.6. The van der Waals surface area contributed by atoms with E-state index in [1.165, 1.54) is 11.3 Å². The van der Waals surface area contributed by atoms with Crippen LogP contribution in [0.25, 0.3) is 0 Å². The Bertz CT molecular complexity index is 645. The second-order valence-corrected chi connectivity index (χ2v) is 6.76. The van der Waals surface area contributed by atoms with Crippen molar-refractivity contribution in [2.75, 3.05) is 19.0 Å². The summed E-state index contributed by atoms with van der Waals surface area (Å²) in [6, 6.07) is 16.9. The van der Waals surface area contributed by atoms with Crippen LogP contribution in [0.2, 0.25) is 0 Å². The smallest absolute Gasteiger partial charge is 0.123 e. The van der Waals surface area contributed by atoms with Crippen LogP contribution in [0.15, 0.2) is 48.5 Å². The van der Waals surface area contributed by atoms with Gasteiger partial charge in [-0.1, -0.05) is 42.8 Å². The first-order valence-corrected chi connectivity index (χ1v) is 9.64. The van der Waals surface area contributed by atoms with Crippen LogP contribution in [0.1, 0.15) is 43.2 Å². The van der Waals surface area contributed by atoms with Crippen molar-refractivity contribution >= 4 is 5.69 Å². The lowest BCUT2D eigenvalue weighted by Gasteiger charge is -2.15. The number of benzene rings is 2. The van der Waals surface area contributed by atoms with Gasteiger partial charge in [0.25, 0.3) is 0 Å². The van der Waals surface area contributed by atoms with Crippen LogP contribution in [0.3, 0.4) is 0 Å². The molecule has 142 valence electrons. The van der Waals surface area contributed by atoms with Crippen molar-refractivity contribution in [1.82, 2.24) is 0 Å². The molecule has 2 aromatic carbocycles. The molecular weight excluding hydrogens is 322 g/mol. The van der Waals surface area contributed by atoms with E-state index < -0.39 is 0 Å². The summed E-state index contributed by atoms with van der Waals surface area (Å²) in [6.07, 6.45) is 6.49. The molecule has 0 fully saturated rings. The number of nitrogens with two attached hydrogens (primary N) is 2. The number of nitrogens with one attached hydrogen (secondary N) is 1. The van der Waals surface area contributed by atoms with E-state index in [1.54, 1.807) is 7.11 Å². The summed E-state index contributed by atoms with van der Waals surface area (Å²) in [5.41, 5.74) is 15.4. The Morgan fingerprint density at radius 3 is 2.38 bits per heavy atom. The van der Waals surface area contributed by atoms with Crippen molar-refractivity contribution in [3.05, 3.63) is 59.7 Å². The minimum atomic E-state index is 0.287. The topological polar surface area (TPSA) is 73.3 Å². The number of anilines is 1. The van der Waals surface area contributed by atoms with Crippen LogP contribution >= 0.6 is 0 Å². The number of hydrogen-bond donors (Lipinski definition) is 3. The van der Waals surface area contributed by atoms with Crippen molar-refractivity contribution < 1.29 is 4.74 Å².